The molecule has 0 aromatic heterocycles. The van der Waals surface area contributed by atoms with E-state index in [1.54, 1.807) is 28.8 Å². The van der Waals surface area contributed by atoms with Crippen molar-refractivity contribution in [1.82, 2.24) is 4.90 Å². The first-order valence-electron chi connectivity index (χ1n) is 4.40. The van der Waals surface area contributed by atoms with Gasteiger partial charge in [0.2, 0.25) is 0 Å². The Morgan fingerprint density at radius 1 is 1.43 bits per heavy atom. The van der Waals surface area contributed by atoms with Gasteiger partial charge in [-0.3, -0.25) is 4.79 Å². The number of benzene rings is 1. The lowest BCUT2D eigenvalue weighted by Crippen LogP contribution is -2.28. The molecule has 1 amide bonds. The van der Waals surface area contributed by atoms with E-state index in [2.05, 4.69) is 0 Å². The third-order valence-corrected chi connectivity index (χ3v) is 3.11. The third kappa shape index (κ3) is 1.75. The summed E-state index contributed by atoms with van der Waals surface area (Å²) in [4.78, 5) is 13.4. The molecule has 0 saturated carbocycles. The minimum absolute atomic E-state index is 0.176. The van der Waals surface area contributed by atoms with Gasteiger partial charge in [-0.05, 0) is 12.1 Å². The van der Waals surface area contributed by atoms with Gasteiger partial charge < -0.3 is 4.90 Å². The van der Waals surface area contributed by atoms with Gasteiger partial charge in [0.1, 0.15) is 5.82 Å². The van der Waals surface area contributed by atoms with Crippen molar-refractivity contribution in [2.45, 2.75) is 0 Å². The van der Waals surface area contributed by atoms with Crippen LogP contribution in [0.3, 0.4) is 0 Å². The van der Waals surface area contributed by atoms with Crippen LogP contribution in [0.4, 0.5) is 4.39 Å². The number of nitrogens with zero attached hydrogens (tertiary/aromatic N) is 1. The smallest absolute Gasteiger partial charge is 0.257 e. The number of halogens is 1. The number of rotatable bonds is 1. The second kappa shape index (κ2) is 4.00. The highest BCUT2D eigenvalue weighted by Gasteiger charge is 2.21. The molecule has 1 aromatic rings. The fourth-order valence-corrected chi connectivity index (χ4v) is 2.32. The van der Waals surface area contributed by atoms with Gasteiger partial charge in [-0.25, -0.2) is 4.39 Å². The summed E-state index contributed by atoms with van der Waals surface area (Å²) in [6.45, 7) is 0.720. The lowest BCUT2D eigenvalue weighted by molar-refractivity contribution is 0.0798. The third-order valence-electron chi connectivity index (χ3n) is 2.14. The maximum Gasteiger partial charge on any atom is 0.257 e. The molecule has 0 N–H and O–H groups in total. The fraction of sp³-hybridized carbons (Fsp3) is 0.300. The molecule has 1 fully saturated rings. The van der Waals surface area contributed by atoms with E-state index in [4.69, 9.17) is 0 Å². The molecule has 0 atom stereocenters. The Morgan fingerprint density at radius 3 is 2.86 bits per heavy atom. The summed E-state index contributed by atoms with van der Waals surface area (Å²) >= 11 is 1.69. The van der Waals surface area contributed by atoms with Gasteiger partial charge in [0.05, 0.1) is 11.4 Å². The van der Waals surface area contributed by atoms with Crippen molar-refractivity contribution in [3.8, 4) is 0 Å². The molecule has 1 aromatic carbocycles. The number of hydrogen-bond donors (Lipinski definition) is 0. The van der Waals surface area contributed by atoms with Gasteiger partial charge in [-0.15, -0.1) is 11.8 Å². The van der Waals surface area contributed by atoms with Crippen LogP contribution in [-0.4, -0.2) is 29.0 Å². The van der Waals surface area contributed by atoms with Crippen LogP contribution in [0, 0.1) is 5.82 Å². The van der Waals surface area contributed by atoms with Crippen LogP contribution in [0.2, 0.25) is 0 Å². The molecule has 14 heavy (non-hydrogen) atoms. The van der Waals surface area contributed by atoms with Crippen molar-refractivity contribution < 1.29 is 9.18 Å². The quantitative estimate of drug-likeness (QED) is 0.708. The SMILES string of the molecule is O=C(c1ccccc1F)N1CCSC1. The van der Waals surface area contributed by atoms with Crippen LogP contribution in [0.25, 0.3) is 0 Å². The topological polar surface area (TPSA) is 20.3 Å². The van der Waals surface area contributed by atoms with E-state index >= 15 is 0 Å². The summed E-state index contributed by atoms with van der Waals surface area (Å²) in [5, 5.41) is 0. The Kier molecular flexibility index (Phi) is 2.72. The van der Waals surface area contributed by atoms with E-state index in [1.807, 2.05) is 0 Å². The monoisotopic (exact) mass is 211 g/mol. The second-order valence-corrected chi connectivity index (χ2v) is 4.16. The van der Waals surface area contributed by atoms with Crippen LogP contribution < -0.4 is 0 Å². The van der Waals surface area contributed by atoms with Crippen molar-refractivity contribution in [2.75, 3.05) is 18.2 Å². The van der Waals surface area contributed by atoms with E-state index < -0.39 is 5.82 Å². The van der Waals surface area contributed by atoms with Crippen LogP contribution in [0.15, 0.2) is 24.3 Å². The molecule has 1 aliphatic rings. The fourth-order valence-electron chi connectivity index (χ4n) is 1.38. The molecular weight excluding hydrogens is 201 g/mol. The van der Waals surface area contributed by atoms with Crippen molar-refractivity contribution in [1.29, 1.82) is 0 Å². The highest BCUT2D eigenvalue weighted by Crippen LogP contribution is 2.17. The molecule has 1 heterocycles. The Hall–Kier alpha value is -1.03. The molecule has 1 aliphatic heterocycles. The molecule has 2 nitrogen and oxygen atoms in total. The number of thioether (sulfide) groups is 1. The molecule has 74 valence electrons. The number of carbonyl (C=O) groups is 1. The van der Waals surface area contributed by atoms with Crippen molar-refractivity contribution in [2.24, 2.45) is 0 Å². The van der Waals surface area contributed by atoms with E-state index in [9.17, 15) is 9.18 Å². The molecule has 0 aliphatic carbocycles. The van der Waals surface area contributed by atoms with Crippen molar-refractivity contribution >= 4 is 17.7 Å². The average Bonchev–Trinajstić information content (AvgIpc) is 2.70. The van der Waals surface area contributed by atoms with E-state index in [-0.39, 0.29) is 11.5 Å². The van der Waals surface area contributed by atoms with Gasteiger partial charge in [0.25, 0.3) is 5.91 Å². The summed E-state index contributed by atoms with van der Waals surface area (Å²) in [5.74, 6) is 0.982. The van der Waals surface area contributed by atoms with Crippen LogP contribution in [-0.2, 0) is 0 Å². The zero-order valence-electron chi connectivity index (χ0n) is 7.57. The lowest BCUT2D eigenvalue weighted by atomic mass is 10.2. The first kappa shape index (κ1) is 9.52. The second-order valence-electron chi connectivity index (χ2n) is 3.09. The van der Waals surface area contributed by atoms with E-state index in [0.29, 0.717) is 5.88 Å². The molecule has 4 heteroatoms. The largest absolute Gasteiger partial charge is 0.328 e. The van der Waals surface area contributed by atoms with Crippen LogP contribution in [0.5, 0.6) is 0 Å². The first-order chi connectivity index (χ1) is 6.79. The molecule has 0 radical (unpaired) electrons. The average molecular weight is 211 g/mol. The first-order valence-corrected chi connectivity index (χ1v) is 5.56. The Bertz CT molecular complexity index is 350. The molecule has 0 spiro atoms. The number of amides is 1. The Balaban J connectivity index is 2.22. The van der Waals surface area contributed by atoms with E-state index in [1.165, 1.54) is 12.1 Å². The lowest BCUT2D eigenvalue weighted by Gasteiger charge is -2.14. The predicted octanol–water partition coefficient (Wildman–Crippen LogP) is 1.97. The summed E-state index contributed by atoms with van der Waals surface area (Å²) in [6, 6.07) is 6.11. The molecule has 0 unspecified atom stereocenters. The minimum atomic E-state index is -0.436. The number of carbonyl (C=O) groups excluding carboxylic acids is 1. The molecule has 2 rings (SSSR count). The molecular formula is C10H10FNOS. The summed E-state index contributed by atoms with van der Waals surface area (Å²) in [7, 11) is 0. The van der Waals surface area contributed by atoms with Crippen LogP contribution >= 0.6 is 11.8 Å². The van der Waals surface area contributed by atoms with Gasteiger partial charge in [-0.1, -0.05) is 12.1 Å². The van der Waals surface area contributed by atoms with Gasteiger partial charge in [-0.2, -0.15) is 0 Å². The zero-order chi connectivity index (χ0) is 9.97. The minimum Gasteiger partial charge on any atom is -0.328 e. The van der Waals surface area contributed by atoms with Crippen molar-refractivity contribution in [3.63, 3.8) is 0 Å². The zero-order valence-corrected chi connectivity index (χ0v) is 8.39. The molecule has 1 saturated heterocycles. The maximum absolute atomic E-state index is 13.2. The van der Waals surface area contributed by atoms with Crippen molar-refractivity contribution in [3.05, 3.63) is 35.6 Å². The van der Waals surface area contributed by atoms with E-state index in [0.717, 1.165) is 12.3 Å². The maximum atomic E-state index is 13.2. The Labute approximate surface area is 86.1 Å². The van der Waals surface area contributed by atoms with Crippen LogP contribution in [0.1, 0.15) is 10.4 Å². The van der Waals surface area contributed by atoms with Gasteiger partial charge in [0.15, 0.2) is 0 Å². The highest BCUT2D eigenvalue weighted by atomic mass is 32.2. The number of hydrogen-bond acceptors (Lipinski definition) is 2. The predicted molar refractivity (Wildman–Crippen MR) is 54.8 cm³/mol. The normalized spacial score (nSPS) is 15.9. The van der Waals surface area contributed by atoms with Gasteiger partial charge >= 0.3 is 0 Å². The van der Waals surface area contributed by atoms with Gasteiger partial charge in [0, 0.05) is 12.3 Å². The summed E-state index contributed by atoms with van der Waals surface area (Å²) < 4.78 is 13.2. The Morgan fingerprint density at radius 2 is 2.21 bits per heavy atom. The summed E-state index contributed by atoms with van der Waals surface area (Å²) in [5.41, 5.74) is 0.176. The standard InChI is InChI=1S/C10H10FNOS/c11-9-4-2-1-3-8(9)10(13)12-5-6-14-7-12/h1-4H,5-7H2. The molecule has 0 bridgehead atoms. The highest BCUT2D eigenvalue weighted by molar-refractivity contribution is 7.99. The summed E-state index contributed by atoms with van der Waals surface area (Å²) in [6.07, 6.45) is 0.